The number of halogens is 1. The molecule has 0 spiro atoms. The van der Waals surface area contributed by atoms with Gasteiger partial charge >= 0.3 is 0 Å². The number of hydrogen-bond acceptors (Lipinski definition) is 9. The Labute approximate surface area is 264 Å². The SMILES string of the molecule is Cl.NC1CCN(c2c3c(nc4ccc(-c5ccnc(Nc6ccc(S(=O)(=O)[C@H]7CNCCO7)cc6)c5)cc24)CCCCC3)C1. The first-order valence-corrected chi connectivity index (χ1v) is 16.9. The lowest BCUT2D eigenvalue weighted by molar-refractivity contribution is 0.0785. The molecule has 3 aliphatic rings. The number of pyridine rings is 2. The van der Waals surface area contributed by atoms with E-state index in [9.17, 15) is 8.42 Å². The van der Waals surface area contributed by atoms with E-state index in [4.69, 9.17) is 15.5 Å². The zero-order chi connectivity index (χ0) is 29.4. The smallest absolute Gasteiger partial charge is 0.206 e. The van der Waals surface area contributed by atoms with E-state index in [0.717, 1.165) is 54.7 Å². The lowest BCUT2D eigenvalue weighted by Crippen LogP contribution is -2.42. The molecule has 7 rings (SSSR count). The molecule has 11 heteroatoms. The molecule has 1 unspecified atom stereocenters. The molecule has 1 aliphatic carbocycles. The zero-order valence-electron chi connectivity index (χ0n) is 24.7. The Morgan fingerprint density at radius 1 is 1.00 bits per heavy atom. The molecule has 9 nitrogen and oxygen atoms in total. The van der Waals surface area contributed by atoms with Gasteiger partial charge in [0.15, 0.2) is 5.44 Å². The molecule has 2 saturated heterocycles. The minimum Gasteiger partial charge on any atom is -0.369 e. The fourth-order valence-electron chi connectivity index (χ4n) is 6.55. The van der Waals surface area contributed by atoms with Gasteiger partial charge in [-0.2, -0.15) is 0 Å². The summed E-state index contributed by atoms with van der Waals surface area (Å²) in [5.41, 5.74) is 13.4. The van der Waals surface area contributed by atoms with E-state index in [1.807, 2.05) is 12.1 Å². The van der Waals surface area contributed by atoms with Crippen molar-refractivity contribution in [1.82, 2.24) is 15.3 Å². The van der Waals surface area contributed by atoms with Gasteiger partial charge in [-0.15, -0.1) is 12.4 Å². The first-order chi connectivity index (χ1) is 21.0. The van der Waals surface area contributed by atoms with E-state index >= 15 is 0 Å². The summed E-state index contributed by atoms with van der Waals surface area (Å²) in [4.78, 5) is 12.4. The number of nitrogens with two attached hydrogens (primary N) is 1. The van der Waals surface area contributed by atoms with Crippen molar-refractivity contribution < 1.29 is 13.2 Å². The number of sulfone groups is 1. The maximum Gasteiger partial charge on any atom is 0.206 e. The molecule has 2 aliphatic heterocycles. The second kappa shape index (κ2) is 13.0. The third kappa shape index (κ3) is 6.14. The fourth-order valence-corrected chi connectivity index (χ4v) is 7.99. The van der Waals surface area contributed by atoms with Crippen molar-refractivity contribution in [3.63, 3.8) is 0 Å². The lowest BCUT2D eigenvalue weighted by atomic mass is 9.97. The van der Waals surface area contributed by atoms with Crippen molar-refractivity contribution in [2.75, 3.05) is 43.0 Å². The maximum absolute atomic E-state index is 13.0. The highest BCUT2D eigenvalue weighted by molar-refractivity contribution is 7.92. The van der Waals surface area contributed by atoms with E-state index in [2.05, 4.69) is 38.7 Å². The number of hydrogen-bond donors (Lipinski definition) is 3. The van der Waals surface area contributed by atoms with Gasteiger partial charge < -0.3 is 26.0 Å². The number of ether oxygens (including phenoxy) is 1. The van der Waals surface area contributed by atoms with Crippen LogP contribution in [0.25, 0.3) is 22.0 Å². The molecule has 0 saturated carbocycles. The van der Waals surface area contributed by atoms with E-state index in [-0.39, 0.29) is 23.3 Å². The van der Waals surface area contributed by atoms with Gasteiger partial charge in [-0.05, 0) is 97.3 Å². The van der Waals surface area contributed by atoms with Crippen LogP contribution in [0.15, 0.2) is 65.7 Å². The molecule has 2 aromatic carbocycles. The highest BCUT2D eigenvalue weighted by Crippen LogP contribution is 2.39. The molecule has 4 aromatic rings. The van der Waals surface area contributed by atoms with Crippen LogP contribution in [0.1, 0.15) is 36.9 Å². The Hall–Kier alpha value is -3.28. The van der Waals surface area contributed by atoms with Crippen molar-refractivity contribution in [2.45, 2.75) is 54.9 Å². The molecule has 44 heavy (non-hydrogen) atoms. The van der Waals surface area contributed by atoms with E-state index in [0.29, 0.717) is 25.5 Å². The van der Waals surface area contributed by atoms with E-state index in [1.165, 1.54) is 41.6 Å². The number of anilines is 3. The third-order valence-corrected chi connectivity index (χ3v) is 10.7. The minimum atomic E-state index is -3.58. The summed E-state index contributed by atoms with van der Waals surface area (Å²) in [6.45, 7) is 3.19. The van der Waals surface area contributed by atoms with Crippen molar-refractivity contribution in [2.24, 2.45) is 5.73 Å². The quantitative estimate of drug-likeness (QED) is 0.252. The van der Waals surface area contributed by atoms with Crippen LogP contribution in [-0.2, 0) is 27.4 Å². The highest BCUT2D eigenvalue weighted by atomic mass is 35.5. The first kappa shape index (κ1) is 30.7. The van der Waals surface area contributed by atoms with Gasteiger partial charge in [0.1, 0.15) is 5.82 Å². The summed E-state index contributed by atoms with van der Waals surface area (Å²) < 4.78 is 31.4. The highest BCUT2D eigenvalue weighted by Gasteiger charge is 2.30. The van der Waals surface area contributed by atoms with Gasteiger partial charge in [0.05, 0.1) is 22.7 Å². The summed E-state index contributed by atoms with van der Waals surface area (Å²) in [6.07, 6.45) is 8.55. The average Bonchev–Trinajstić information content (AvgIpc) is 3.32. The number of nitrogens with zero attached hydrogens (tertiary/aromatic N) is 3. The molecular weight excluding hydrogens is 596 g/mol. The molecule has 4 heterocycles. The Bertz CT molecular complexity index is 1740. The number of morpholine rings is 1. The molecule has 4 N–H and O–H groups in total. The topological polar surface area (TPSA) is 122 Å². The van der Waals surface area contributed by atoms with E-state index < -0.39 is 15.3 Å². The molecule has 232 valence electrons. The van der Waals surface area contributed by atoms with Crippen LogP contribution in [0.5, 0.6) is 0 Å². The van der Waals surface area contributed by atoms with Gasteiger partial charge in [-0.1, -0.05) is 12.5 Å². The molecule has 0 amide bonds. The maximum atomic E-state index is 13.0. The number of aromatic nitrogens is 2. The molecule has 0 bridgehead atoms. The van der Waals surface area contributed by atoms with Gasteiger partial charge in [-0.25, -0.2) is 13.4 Å². The van der Waals surface area contributed by atoms with Crippen LogP contribution in [0, 0.1) is 0 Å². The Morgan fingerprint density at radius 2 is 1.82 bits per heavy atom. The second-order valence-corrected chi connectivity index (χ2v) is 13.9. The van der Waals surface area contributed by atoms with Crippen LogP contribution in [-0.4, -0.2) is 62.6 Å². The molecule has 2 atom stereocenters. The largest absolute Gasteiger partial charge is 0.369 e. The van der Waals surface area contributed by atoms with Crippen LogP contribution in [0.4, 0.5) is 17.2 Å². The van der Waals surface area contributed by atoms with Crippen molar-refractivity contribution >= 4 is 50.3 Å². The second-order valence-electron chi connectivity index (χ2n) is 11.8. The number of fused-ring (bicyclic) bond motifs is 2. The first-order valence-electron chi connectivity index (χ1n) is 15.3. The summed E-state index contributed by atoms with van der Waals surface area (Å²) in [6, 6.07) is 17.6. The van der Waals surface area contributed by atoms with Gasteiger partial charge in [0, 0.05) is 55.2 Å². The Balaban J connectivity index is 0.00000343. The van der Waals surface area contributed by atoms with E-state index in [1.54, 1.807) is 30.5 Å². The predicted molar refractivity (Wildman–Crippen MR) is 178 cm³/mol. The minimum absolute atomic E-state index is 0. The van der Waals surface area contributed by atoms with Crippen LogP contribution in [0.2, 0.25) is 0 Å². The Kier molecular flexibility index (Phi) is 9.07. The average molecular weight is 635 g/mol. The lowest BCUT2D eigenvalue weighted by Gasteiger charge is -2.25. The monoisotopic (exact) mass is 634 g/mol. The normalized spacial score (nSPS) is 20.5. The molecule has 2 aromatic heterocycles. The number of nitrogens with one attached hydrogen (secondary N) is 2. The zero-order valence-corrected chi connectivity index (χ0v) is 26.3. The standard InChI is InChI=1S/C33H38N6O3S.ClH/c34-24-13-16-39(21-24)33-27-4-2-1-3-5-29(27)38-30-11-6-22(18-28(30)33)23-12-14-36-31(19-23)37-25-7-9-26(10-8-25)43(40,41)32-20-35-15-17-42-32;/h6-12,14,18-19,24,32,35H,1-5,13,15-17,20-21,34H2,(H,36,37);1H/t24?,32-;/m0./s1. The number of rotatable bonds is 6. The fraction of sp³-hybridized carbons (Fsp3) is 0.394. The van der Waals surface area contributed by atoms with Gasteiger partial charge in [0.25, 0.3) is 0 Å². The number of benzene rings is 2. The summed E-state index contributed by atoms with van der Waals surface area (Å²) >= 11 is 0. The van der Waals surface area contributed by atoms with Crippen LogP contribution < -0.4 is 21.3 Å². The third-order valence-electron chi connectivity index (χ3n) is 8.81. The van der Waals surface area contributed by atoms with Gasteiger partial charge in [0.2, 0.25) is 9.84 Å². The molecule has 0 radical (unpaired) electrons. The summed E-state index contributed by atoms with van der Waals surface area (Å²) in [5, 5.41) is 7.60. The number of aryl methyl sites for hydroxylation is 1. The van der Waals surface area contributed by atoms with Gasteiger partial charge in [-0.3, -0.25) is 4.98 Å². The van der Waals surface area contributed by atoms with Crippen molar-refractivity contribution in [3.8, 4) is 11.1 Å². The Morgan fingerprint density at radius 3 is 2.59 bits per heavy atom. The predicted octanol–water partition coefficient (Wildman–Crippen LogP) is 4.99. The van der Waals surface area contributed by atoms with Crippen molar-refractivity contribution in [1.29, 1.82) is 0 Å². The van der Waals surface area contributed by atoms with Crippen LogP contribution in [0.3, 0.4) is 0 Å². The summed E-state index contributed by atoms with van der Waals surface area (Å²) in [5.74, 6) is 0.679. The van der Waals surface area contributed by atoms with Crippen molar-refractivity contribution in [3.05, 3.63) is 72.1 Å². The molecule has 2 fully saturated rings. The van der Waals surface area contributed by atoms with Crippen LogP contribution >= 0.6 is 12.4 Å². The molecular formula is C33H39ClN6O3S. The summed E-state index contributed by atoms with van der Waals surface area (Å²) in [7, 11) is -3.58.